The first-order valence-electron chi connectivity index (χ1n) is 14.3. The number of methoxy groups -OCH3 is 1. The third-order valence-electron chi connectivity index (χ3n) is 7.44. The summed E-state index contributed by atoms with van der Waals surface area (Å²) in [6.45, 7) is 20.7. The fraction of sp³-hybridized carbons (Fsp3) is 0.562. The molecule has 0 spiro atoms. The second-order valence-electron chi connectivity index (χ2n) is 12.7. The van der Waals surface area contributed by atoms with Gasteiger partial charge in [-0.25, -0.2) is 4.98 Å². The Kier molecular flexibility index (Phi) is 10.4. The van der Waals surface area contributed by atoms with E-state index in [1.54, 1.807) is 23.5 Å². The molecule has 0 aliphatic carbocycles. The molecule has 9 heteroatoms. The van der Waals surface area contributed by atoms with Crippen molar-refractivity contribution in [3.8, 4) is 17.0 Å². The van der Waals surface area contributed by atoms with Gasteiger partial charge in [0.25, 0.3) is 0 Å². The molecule has 0 saturated carbocycles. The molecule has 1 aliphatic rings. The number of hydrogen-bond donors (Lipinski definition) is 1. The van der Waals surface area contributed by atoms with E-state index < -0.39 is 5.97 Å². The number of carbonyl (C=O) groups is 2. The van der Waals surface area contributed by atoms with Crippen molar-refractivity contribution in [2.45, 2.75) is 84.5 Å². The van der Waals surface area contributed by atoms with Crippen LogP contribution in [0.15, 0.2) is 35.3 Å². The average molecular weight is 583 g/mol. The van der Waals surface area contributed by atoms with Crippen LogP contribution in [0, 0.1) is 0 Å². The number of piperidine rings is 1. The number of ether oxygens (including phenoxy) is 1. The molecule has 1 N–H and O–H groups in total. The van der Waals surface area contributed by atoms with Crippen LogP contribution in [0.1, 0.15) is 89.8 Å². The summed E-state index contributed by atoms with van der Waals surface area (Å²) in [7, 11) is 1.75. The highest BCUT2D eigenvalue weighted by Crippen LogP contribution is 2.43. The minimum absolute atomic E-state index is 0.00438. The molecule has 0 atom stereocenters. The quantitative estimate of drug-likeness (QED) is 0.255. The zero-order valence-corrected chi connectivity index (χ0v) is 26.7. The summed E-state index contributed by atoms with van der Waals surface area (Å²) in [4.78, 5) is 31.0. The lowest BCUT2D eigenvalue weighted by atomic mass is 9.78. The molecule has 41 heavy (non-hydrogen) atoms. The summed E-state index contributed by atoms with van der Waals surface area (Å²) in [5.41, 5.74) is 4.63. The molecule has 1 aromatic heterocycles. The van der Waals surface area contributed by atoms with Gasteiger partial charge >= 0.3 is 5.97 Å². The number of allylic oxidation sites excluding steroid dienone is 1. The largest absolute Gasteiger partial charge is 0.496 e. The Balaban J connectivity index is 1.73. The van der Waals surface area contributed by atoms with E-state index in [9.17, 15) is 9.59 Å². The molecule has 0 unspecified atom stereocenters. The average Bonchev–Trinajstić information content (AvgIpc) is 3.40. The Morgan fingerprint density at radius 1 is 1.17 bits per heavy atom. The van der Waals surface area contributed by atoms with Gasteiger partial charge in [-0.1, -0.05) is 48.1 Å². The van der Waals surface area contributed by atoms with Crippen LogP contribution < -0.4 is 4.74 Å². The van der Waals surface area contributed by atoms with E-state index in [-0.39, 0.29) is 29.7 Å². The molecule has 1 fully saturated rings. The third-order valence-corrected chi connectivity index (χ3v) is 8.45. The Bertz CT molecular complexity index is 1240. The van der Waals surface area contributed by atoms with E-state index >= 15 is 0 Å². The van der Waals surface area contributed by atoms with Gasteiger partial charge in [-0.2, -0.15) is 5.10 Å². The molecule has 0 bridgehead atoms. The first-order valence-corrected chi connectivity index (χ1v) is 15.2. The summed E-state index contributed by atoms with van der Waals surface area (Å²) in [5, 5.41) is 18.2. The summed E-state index contributed by atoms with van der Waals surface area (Å²) in [6, 6.07) is 4.45. The second-order valence-corrected chi connectivity index (χ2v) is 13.6. The van der Waals surface area contributed by atoms with Crippen LogP contribution in [-0.4, -0.2) is 70.9 Å². The summed E-state index contributed by atoms with van der Waals surface area (Å²) >= 11 is 1.70. The van der Waals surface area contributed by atoms with E-state index in [2.05, 4.69) is 70.7 Å². The predicted octanol–water partition coefficient (Wildman–Crippen LogP) is 6.46. The maximum atomic E-state index is 13.0. The Labute approximate surface area is 249 Å². The van der Waals surface area contributed by atoms with Gasteiger partial charge in [0, 0.05) is 47.6 Å². The molecule has 8 nitrogen and oxygen atoms in total. The lowest BCUT2D eigenvalue weighted by Gasteiger charge is -2.32. The van der Waals surface area contributed by atoms with Crippen LogP contribution in [0.25, 0.3) is 11.3 Å². The molecule has 1 amide bonds. The van der Waals surface area contributed by atoms with Crippen LogP contribution in [0.3, 0.4) is 0 Å². The number of likely N-dealkylation sites (tertiary alicyclic amines) is 1. The maximum absolute atomic E-state index is 13.0. The van der Waals surface area contributed by atoms with Crippen molar-refractivity contribution in [1.29, 1.82) is 0 Å². The van der Waals surface area contributed by atoms with Crippen molar-refractivity contribution in [2.24, 2.45) is 5.10 Å². The van der Waals surface area contributed by atoms with Gasteiger partial charge in [0.1, 0.15) is 12.3 Å². The molecule has 224 valence electrons. The minimum atomic E-state index is -0.977. The topological polar surface area (TPSA) is 95.3 Å². The Morgan fingerprint density at radius 3 is 2.22 bits per heavy atom. The van der Waals surface area contributed by atoms with E-state index in [4.69, 9.17) is 14.8 Å². The molecule has 3 rings (SSSR count). The van der Waals surface area contributed by atoms with Crippen molar-refractivity contribution in [2.75, 3.05) is 33.3 Å². The molecule has 1 saturated heterocycles. The number of aromatic nitrogens is 1. The van der Waals surface area contributed by atoms with Crippen LogP contribution in [-0.2, 0) is 20.4 Å². The van der Waals surface area contributed by atoms with Crippen LogP contribution in [0.4, 0.5) is 0 Å². The normalized spacial score (nSPS) is 15.1. The number of aliphatic carboxylic acids is 1. The Morgan fingerprint density at radius 2 is 1.76 bits per heavy atom. The number of rotatable bonds is 10. The van der Waals surface area contributed by atoms with Crippen molar-refractivity contribution in [3.63, 3.8) is 0 Å². The number of carboxylic acid groups (broad SMARTS) is 1. The van der Waals surface area contributed by atoms with Crippen LogP contribution >= 0.6 is 11.3 Å². The van der Waals surface area contributed by atoms with E-state index in [0.717, 1.165) is 34.9 Å². The zero-order valence-electron chi connectivity index (χ0n) is 25.9. The van der Waals surface area contributed by atoms with Crippen LogP contribution in [0.2, 0.25) is 0 Å². The van der Waals surface area contributed by atoms with Gasteiger partial charge in [0.2, 0.25) is 5.91 Å². The fourth-order valence-electron chi connectivity index (χ4n) is 5.05. The van der Waals surface area contributed by atoms with Gasteiger partial charge in [0.05, 0.1) is 29.9 Å². The summed E-state index contributed by atoms with van der Waals surface area (Å²) in [5.74, 6) is 0.282. The van der Waals surface area contributed by atoms with Crippen LogP contribution in [0.5, 0.6) is 5.75 Å². The molecule has 2 aromatic rings. The molecule has 1 aromatic carbocycles. The number of nitrogens with zero attached hydrogens (tertiary/aromatic N) is 4. The lowest BCUT2D eigenvalue weighted by molar-refractivity contribution is -0.135. The summed E-state index contributed by atoms with van der Waals surface area (Å²) in [6.07, 6.45) is 2.91. The molecular weight excluding hydrogens is 536 g/mol. The van der Waals surface area contributed by atoms with Gasteiger partial charge in [-0.3, -0.25) is 14.6 Å². The molecule has 0 radical (unpaired) electrons. The van der Waals surface area contributed by atoms with Gasteiger partial charge in [0.15, 0.2) is 0 Å². The standard InChI is InChI=1S/C32H46N4O4S/c1-10-23(18-28(38)39)34-36(11-2)19-27(37)35-14-12-21(13-15-35)30-33-26(20-41-30)22-16-24(31(3,4)5)29(40-9)25(17-22)32(6,7)8/h10,16-17,20-21H,1,11-15,18-19H2,2-9H3,(H,38,39)/b34-23+. The number of hydrogen-bond acceptors (Lipinski definition) is 7. The number of benzene rings is 1. The van der Waals surface area contributed by atoms with Crippen molar-refractivity contribution in [1.82, 2.24) is 14.9 Å². The maximum Gasteiger partial charge on any atom is 0.309 e. The van der Waals surface area contributed by atoms with E-state index in [1.807, 2.05) is 11.8 Å². The van der Waals surface area contributed by atoms with Crippen molar-refractivity contribution in [3.05, 3.63) is 46.3 Å². The SMILES string of the molecule is C=C/C(CC(=O)O)=N\N(CC)CC(=O)N1CCC(c2nc(-c3cc(C(C)(C)C)c(OC)c(C(C)(C)C)c3)cs2)CC1. The number of carboxylic acids is 1. The monoisotopic (exact) mass is 582 g/mol. The predicted molar refractivity (Wildman–Crippen MR) is 167 cm³/mol. The van der Waals surface area contributed by atoms with Crippen molar-refractivity contribution >= 4 is 28.9 Å². The highest BCUT2D eigenvalue weighted by Gasteiger charge is 2.30. The van der Waals surface area contributed by atoms with E-state index in [1.165, 1.54) is 17.2 Å². The summed E-state index contributed by atoms with van der Waals surface area (Å²) < 4.78 is 5.93. The Hall–Kier alpha value is -3.20. The zero-order chi connectivity index (χ0) is 30.5. The third kappa shape index (κ3) is 8.18. The highest BCUT2D eigenvalue weighted by atomic mass is 32.1. The fourth-order valence-corrected chi connectivity index (χ4v) is 6.05. The highest BCUT2D eigenvalue weighted by molar-refractivity contribution is 7.10. The molecule has 1 aliphatic heterocycles. The number of hydrazone groups is 1. The number of amides is 1. The van der Waals surface area contributed by atoms with Gasteiger partial charge < -0.3 is 14.7 Å². The van der Waals surface area contributed by atoms with Crippen molar-refractivity contribution < 1.29 is 19.4 Å². The van der Waals surface area contributed by atoms with Gasteiger partial charge in [-0.15, -0.1) is 11.3 Å². The number of likely N-dealkylation sites (N-methyl/N-ethyl adjacent to an activating group) is 1. The first kappa shape index (κ1) is 32.3. The minimum Gasteiger partial charge on any atom is -0.496 e. The molecule has 2 heterocycles. The van der Waals surface area contributed by atoms with E-state index in [0.29, 0.717) is 31.3 Å². The van der Waals surface area contributed by atoms with Gasteiger partial charge in [-0.05, 0) is 48.8 Å². The second kappa shape index (κ2) is 13.2. The number of thiazole rings is 1. The first-order chi connectivity index (χ1) is 19.2. The smallest absolute Gasteiger partial charge is 0.309 e. The number of carbonyl (C=O) groups excluding carboxylic acids is 1. The molecular formula is C32H46N4O4S. The lowest BCUT2D eigenvalue weighted by Crippen LogP contribution is -2.43.